The third-order valence-electron chi connectivity index (χ3n) is 12.0. The van der Waals surface area contributed by atoms with E-state index in [1.54, 1.807) is 0 Å². The molecule has 0 spiro atoms. The smallest absolute Gasteiger partial charge is 0.255 e. The van der Waals surface area contributed by atoms with Crippen LogP contribution < -0.4 is 0 Å². The summed E-state index contributed by atoms with van der Waals surface area (Å²) in [6.45, 7) is 0. The number of benzene rings is 6. The van der Waals surface area contributed by atoms with E-state index in [0.29, 0.717) is 0 Å². The van der Waals surface area contributed by atoms with Crippen LogP contribution in [0.2, 0.25) is 0 Å². The molecule has 0 saturated carbocycles. The van der Waals surface area contributed by atoms with Gasteiger partial charge in [0.25, 0.3) is 0 Å². The van der Waals surface area contributed by atoms with Crippen molar-refractivity contribution < 1.29 is 19.5 Å². The van der Waals surface area contributed by atoms with Gasteiger partial charge < -0.3 is 0 Å². The predicted octanol–water partition coefficient (Wildman–Crippen LogP) is 16.4. The Hall–Kier alpha value is -9.16. The predicted molar refractivity (Wildman–Crippen MR) is 295 cm³/mol. The minimum atomic E-state index is 0. The molecule has 0 N–H and O–H groups in total. The normalized spacial score (nSPS) is 10.4. The zero-order valence-corrected chi connectivity index (χ0v) is 41.5. The third kappa shape index (κ3) is 12.8. The van der Waals surface area contributed by atoms with Gasteiger partial charge in [-0.25, -0.2) is 0 Å². The fraction of sp³-hybridized carbons (Fsp3) is 0. The Morgan fingerprint density at radius 1 is 0.151 bits per heavy atom. The van der Waals surface area contributed by atoms with Gasteiger partial charge in [0, 0.05) is 37.2 Å². The summed E-state index contributed by atoms with van der Waals surface area (Å²) in [5.74, 6) is 0. The molecule has 0 aliphatic carbocycles. The first kappa shape index (κ1) is 48.8. The van der Waals surface area contributed by atoms with Gasteiger partial charge in [-0.3, -0.25) is 29.9 Å². The number of pyridine rings is 6. The van der Waals surface area contributed by atoms with Gasteiger partial charge in [-0.1, -0.05) is 182 Å². The second-order valence-electron chi connectivity index (χ2n) is 16.8. The average molecular weight is 1030 g/mol. The van der Waals surface area contributed by atoms with E-state index in [1.165, 1.54) is 33.4 Å². The number of hydrogen-bond acceptors (Lipinski definition) is 6. The Kier molecular flexibility index (Phi) is 16.5. The largest absolute Gasteiger partial charge is 2.00 e. The zero-order valence-electron chi connectivity index (χ0n) is 39.7. The topological polar surface area (TPSA) is 77.3 Å². The van der Waals surface area contributed by atoms with E-state index >= 15 is 0 Å². The summed E-state index contributed by atoms with van der Waals surface area (Å²) in [6.07, 6.45) is 11.1. The van der Waals surface area contributed by atoms with Crippen molar-refractivity contribution in [3.63, 3.8) is 0 Å². The Labute approximate surface area is 439 Å². The molecule has 0 fully saturated rings. The van der Waals surface area contributed by atoms with Crippen molar-refractivity contribution in [2.75, 3.05) is 0 Å². The Morgan fingerprint density at radius 2 is 0.288 bits per heavy atom. The molecule has 6 aromatic carbocycles. The van der Waals surface area contributed by atoms with E-state index in [4.69, 9.17) is 0 Å². The van der Waals surface area contributed by atoms with Gasteiger partial charge in [-0.15, -0.1) is 0 Å². The molecular formula is C66H48N6Ru+2. The molecule has 12 rings (SSSR count). The molecular weight excluding hydrogens is 978 g/mol. The van der Waals surface area contributed by atoms with Crippen LogP contribution in [-0.4, -0.2) is 29.9 Å². The van der Waals surface area contributed by atoms with Crippen molar-refractivity contribution in [1.29, 1.82) is 0 Å². The van der Waals surface area contributed by atoms with Gasteiger partial charge in [0.15, 0.2) is 0 Å². The second kappa shape index (κ2) is 24.6. The summed E-state index contributed by atoms with van der Waals surface area (Å²) in [5.41, 5.74) is 19.3. The number of nitrogens with zero attached hydrogens (tertiary/aromatic N) is 6. The van der Waals surface area contributed by atoms with Crippen molar-refractivity contribution in [1.82, 2.24) is 29.9 Å². The minimum absolute atomic E-state index is 0. The summed E-state index contributed by atoms with van der Waals surface area (Å²) in [6, 6.07) is 86.6. The number of aromatic nitrogens is 6. The first-order valence-corrected chi connectivity index (χ1v) is 23.8. The van der Waals surface area contributed by atoms with Gasteiger partial charge in [0.05, 0.1) is 34.2 Å². The van der Waals surface area contributed by atoms with E-state index in [9.17, 15) is 0 Å². The molecule has 73 heavy (non-hydrogen) atoms. The Balaban J connectivity index is 0.000000134. The molecule has 6 heterocycles. The van der Waals surface area contributed by atoms with Crippen LogP contribution in [0.25, 0.3) is 101 Å². The van der Waals surface area contributed by atoms with Gasteiger partial charge in [-0.05, 0) is 140 Å². The van der Waals surface area contributed by atoms with Gasteiger partial charge >= 0.3 is 19.5 Å². The van der Waals surface area contributed by atoms with Crippen molar-refractivity contribution in [3.8, 4) is 101 Å². The molecule has 12 aromatic rings. The molecule has 0 unspecified atom stereocenters. The summed E-state index contributed by atoms with van der Waals surface area (Å²) < 4.78 is 0. The SMILES string of the molecule is [Ru+2].c1ccc(-c2ccnc(-c3cc(-c4ccccc4)ccn3)c2)cc1.c1ccc(-c2ccnc(-c3cc(-c4ccccc4)ccn3)c2)cc1.c1ccc(-c2ccnc(-c3cc(-c4ccccc4)ccn3)c2)cc1. The maximum absolute atomic E-state index is 4.51. The second-order valence-corrected chi connectivity index (χ2v) is 16.8. The van der Waals surface area contributed by atoms with Crippen LogP contribution in [-0.2, 0) is 19.5 Å². The molecule has 6 aromatic heterocycles. The van der Waals surface area contributed by atoms with Crippen LogP contribution >= 0.6 is 0 Å². The average Bonchev–Trinajstić information content (AvgIpc) is 3.49. The molecule has 348 valence electrons. The summed E-state index contributed by atoms with van der Waals surface area (Å²) in [5, 5.41) is 0. The van der Waals surface area contributed by atoms with Crippen molar-refractivity contribution >= 4 is 0 Å². The summed E-state index contributed by atoms with van der Waals surface area (Å²) in [4.78, 5) is 27.0. The summed E-state index contributed by atoms with van der Waals surface area (Å²) >= 11 is 0. The first-order chi connectivity index (χ1) is 35.7. The van der Waals surface area contributed by atoms with Crippen LogP contribution in [0.1, 0.15) is 0 Å². The molecule has 0 saturated heterocycles. The quantitative estimate of drug-likeness (QED) is 0.134. The standard InChI is InChI=1S/3C22H16N2.Ru/c3*1-3-7-17(8-4-1)19-11-13-23-21(15-19)22-16-20(12-14-24-22)18-9-5-2-6-10-18;/h3*1-16H;/q;;;+2. The first-order valence-electron chi connectivity index (χ1n) is 23.8. The van der Waals surface area contributed by atoms with Gasteiger partial charge in [0.2, 0.25) is 0 Å². The van der Waals surface area contributed by atoms with E-state index in [1.807, 2.05) is 183 Å². The molecule has 0 radical (unpaired) electrons. The molecule has 0 amide bonds. The van der Waals surface area contributed by atoms with Crippen LogP contribution in [0.3, 0.4) is 0 Å². The number of rotatable bonds is 9. The Bertz CT molecular complexity index is 2990. The maximum atomic E-state index is 4.51. The van der Waals surface area contributed by atoms with Gasteiger partial charge in [-0.2, -0.15) is 0 Å². The van der Waals surface area contributed by atoms with E-state index in [0.717, 1.165) is 67.5 Å². The van der Waals surface area contributed by atoms with E-state index in [2.05, 4.69) is 139 Å². The fourth-order valence-corrected chi connectivity index (χ4v) is 8.28. The molecule has 6 nitrogen and oxygen atoms in total. The zero-order chi connectivity index (χ0) is 48.6. The molecule has 7 heteroatoms. The Morgan fingerprint density at radius 3 is 0.425 bits per heavy atom. The van der Waals surface area contributed by atoms with Crippen LogP contribution in [0.4, 0.5) is 0 Å². The van der Waals surface area contributed by atoms with Crippen molar-refractivity contribution in [2.45, 2.75) is 0 Å². The number of hydrogen-bond donors (Lipinski definition) is 0. The molecule has 0 aliphatic heterocycles. The van der Waals surface area contributed by atoms with E-state index in [-0.39, 0.29) is 19.5 Å². The molecule has 0 aliphatic rings. The monoisotopic (exact) mass is 1030 g/mol. The van der Waals surface area contributed by atoms with Crippen molar-refractivity contribution in [2.24, 2.45) is 0 Å². The molecule has 0 bridgehead atoms. The third-order valence-corrected chi connectivity index (χ3v) is 12.0. The minimum Gasteiger partial charge on any atom is -0.255 e. The molecule has 0 atom stereocenters. The summed E-state index contributed by atoms with van der Waals surface area (Å²) in [7, 11) is 0. The van der Waals surface area contributed by atoms with Crippen LogP contribution in [0, 0.1) is 0 Å². The van der Waals surface area contributed by atoms with Gasteiger partial charge in [0.1, 0.15) is 0 Å². The van der Waals surface area contributed by atoms with Crippen LogP contribution in [0.5, 0.6) is 0 Å². The fourth-order valence-electron chi connectivity index (χ4n) is 8.28. The maximum Gasteiger partial charge on any atom is 2.00 e. The van der Waals surface area contributed by atoms with E-state index < -0.39 is 0 Å². The van der Waals surface area contributed by atoms with Crippen molar-refractivity contribution in [3.05, 3.63) is 292 Å². The van der Waals surface area contributed by atoms with Crippen LogP contribution in [0.15, 0.2) is 292 Å².